The smallest absolute Gasteiger partial charge is 0.186 e. The Morgan fingerprint density at radius 2 is 1.65 bits per heavy atom. The first kappa shape index (κ1) is 14.3. The molecule has 0 atom stereocenters. The van der Waals surface area contributed by atoms with E-state index in [0.717, 1.165) is 16.7 Å². The van der Waals surface area contributed by atoms with Crippen LogP contribution in [0, 0.1) is 6.92 Å². The number of allylic oxidation sites excluding steroid dienone is 1. The predicted octanol–water partition coefficient (Wildman–Crippen LogP) is 5.01. The van der Waals surface area contributed by atoms with Crippen LogP contribution in [-0.4, -0.2) is 5.78 Å². The molecule has 1 nitrogen and oxygen atoms in total. The number of hydrogen-bond donors (Lipinski definition) is 0. The minimum Gasteiger partial charge on any atom is -0.289 e. The summed E-state index contributed by atoms with van der Waals surface area (Å²) in [6, 6.07) is 16.0. The van der Waals surface area contributed by atoms with E-state index < -0.39 is 0 Å². The molecule has 0 spiro atoms. The molecule has 0 N–H and O–H groups in total. The number of rotatable bonds is 4. The van der Waals surface area contributed by atoms with Gasteiger partial charge in [0.15, 0.2) is 5.78 Å². The van der Waals surface area contributed by atoms with Crippen molar-refractivity contribution in [1.82, 2.24) is 0 Å². The van der Waals surface area contributed by atoms with Crippen molar-refractivity contribution in [3.05, 3.63) is 76.9 Å². The highest BCUT2D eigenvalue weighted by Crippen LogP contribution is 2.16. The van der Waals surface area contributed by atoms with E-state index in [-0.39, 0.29) is 5.78 Å². The lowest BCUT2D eigenvalue weighted by Gasteiger charge is -2.04. The van der Waals surface area contributed by atoms with Crippen molar-refractivity contribution in [3.63, 3.8) is 0 Å². The number of ketones is 1. The lowest BCUT2D eigenvalue weighted by Crippen LogP contribution is -1.96. The summed E-state index contributed by atoms with van der Waals surface area (Å²) in [6.07, 6.45) is 3.52. The molecule has 0 aliphatic carbocycles. The molecule has 0 aliphatic heterocycles. The molecule has 0 fully saturated rings. The van der Waals surface area contributed by atoms with Crippen LogP contribution >= 0.6 is 0 Å². The molecule has 0 saturated heterocycles. The van der Waals surface area contributed by atoms with Crippen LogP contribution in [-0.2, 0) is 0 Å². The zero-order valence-corrected chi connectivity index (χ0v) is 12.3. The highest BCUT2D eigenvalue weighted by Gasteiger charge is 2.04. The van der Waals surface area contributed by atoms with E-state index in [0.29, 0.717) is 5.92 Å². The molecule has 2 aromatic carbocycles. The Bertz CT molecular complexity index is 618. The van der Waals surface area contributed by atoms with Crippen molar-refractivity contribution in [2.24, 2.45) is 0 Å². The molecule has 1 heteroatoms. The number of carbonyl (C=O) groups is 1. The van der Waals surface area contributed by atoms with E-state index in [1.807, 2.05) is 37.3 Å². The Morgan fingerprint density at radius 3 is 2.25 bits per heavy atom. The van der Waals surface area contributed by atoms with Crippen LogP contribution in [0.5, 0.6) is 0 Å². The van der Waals surface area contributed by atoms with Crippen molar-refractivity contribution in [2.75, 3.05) is 0 Å². The molecule has 0 unspecified atom stereocenters. The van der Waals surface area contributed by atoms with Crippen molar-refractivity contribution >= 4 is 11.9 Å². The van der Waals surface area contributed by atoms with E-state index >= 15 is 0 Å². The Hall–Kier alpha value is -2.15. The summed E-state index contributed by atoms with van der Waals surface area (Å²) in [5.41, 5.74) is 4.14. The van der Waals surface area contributed by atoms with Gasteiger partial charge in [0.1, 0.15) is 0 Å². The lowest BCUT2D eigenvalue weighted by molar-refractivity contribution is 0.104. The van der Waals surface area contributed by atoms with Gasteiger partial charge >= 0.3 is 0 Å². The maximum atomic E-state index is 12.1. The van der Waals surface area contributed by atoms with Gasteiger partial charge in [-0.05, 0) is 35.6 Å². The highest BCUT2D eigenvalue weighted by atomic mass is 16.1. The topological polar surface area (TPSA) is 17.1 Å². The van der Waals surface area contributed by atoms with Crippen molar-refractivity contribution < 1.29 is 4.79 Å². The maximum absolute atomic E-state index is 12.1. The molecule has 0 saturated carbocycles. The summed E-state index contributed by atoms with van der Waals surface area (Å²) in [7, 11) is 0. The normalized spacial score (nSPS) is 11.2. The van der Waals surface area contributed by atoms with Crippen LogP contribution in [0.3, 0.4) is 0 Å². The van der Waals surface area contributed by atoms with E-state index in [1.54, 1.807) is 6.08 Å². The molecule has 0 amide bonds. The third kappa shape index (κ3) is 3.45. The second kappa shape index (κ2) is 6.33. The van der Waals surface area contributed by atoms with Crippen LogP contribution in [0.15, 0.2) is 54.6 Å². The summed E-state index contributed by atoms with van der Waals surface area (Å²) in [4.78, 5) is 12.1. The van der Waals surface area contributed by atoms with Crippen molar-refractivity contribution in [3.8, 4) is 0 Å². The summed E-state index contributed by atoms with van der Waals surface area (Å²) in [5, 5.41) is 0. The second-order valence-electron chi connectivity index (χ2n) is 5.33. The summed E-state index contributed by atoms with van der Waals surface area (Å²) in [6.45, 7) is 6.30. The molecule has 102 valence electrons. The zero-order valence-electron chi connectivity index (χ0n) is 12.3. The molecule has 0 aliphatic rings. The third-order valence-corrected chi connectivity index (χ3v) is 3.44. The summed E-state index contributed by atoms with van der Waals surface area (Å²) < 4.78 is 0. The van der Waals surface area contributed by atoms with Crippen LogP contribution in [0.2, 0.25) is 0 Å². The second-order valence-corrected chi connectivity index (χ2v) is 5.33. The van der Waals surface area contributed by atoms with E-state index in [1.165, 1.54) is 5.56 Å². The van der Waals surface area contributed by atoms with Crippen molar-refractivity contribution in [2.45, 2.75) is 26.7 Å². The molecule has 0 heterocycles. The van der Waals surface area contributed by atoms with Crippen LogP contribution in [0.1, 0.15) is 46.8 Å². The SMILES string of the molecule is Cc1ccccc1C(=O)/C=C/c1ccc(C(C)C)cc1. The van der Waals surface area contributed by atoms with Crippen LogP contribution in [0.4, 0.5) is 0 Å². The summed E-state index contributed by atoms with van der Waals surface area (Å²) in [5.74, 6) is 0.581. The highest BCUT2D eigenvalue weighted by molar-refractivity contribution is 6.07. The van der Waals surface area contributed by atoms with E-state index in [4.69, 9.17) is 0 Å². The molecule has 2 aromatic rings. The van der Waals surface area contributed by atoms with Crippen LogP contribution < -0.4 is 0 Å². The number of benzene rings is 2. The van der Waals surface area contributed by atoms with Crippen molar-refractivity contribution in [1.29, 1.82) is 0 Å². The Kier molecular flexibility index (Phi) is 4.52. The van der Waals surface area contributed by atoms with E-state index in [9.17, 15) is 4.79 Å². The van der Waals surface area contributed by atoms with Gasteiger partial charge in [0.05, 0.1) is 0 Å². The van der Waals surface area contributed by atoms with Gasteiger partial charge in [-0.1, -0.05) is 68.5 Å². The van der Waals surface area contributed by atoms with Gasteiger partial charge in [-0.15, -0.1) is 0 Å². The number of aryl methyl sites for hydroxylation is 1. The van der Waals surface area contributed by atoms with Gasteiger partial charge in [-0.25, -0.2) is 0 Å². The fraction of sp³-hybridized carbons (Fsp3) is 0.211. The summed E-state index contributed by atoms with van der Waals surface area (Å²) >= 11 is 0. The maximum Gasteiger partial charge on any atom is 0.186 e. The molecule has 20 heavy (non-hydrogen) atoms. The molecular weight excluding hydrogens is 244 g/mol. The minimum atomic E-state index is 0.0519. The lowest BCUT2D eigenvalue weighted by atomic mass is 10.0. The fourth-order valence-electron chi connectivity index (χ4n) is 2.10. The largest absolute Gasteiger partial charge is 0.289 e. The standard InChI is InChI=1S/C19H20O/c1-14(2)17-11-8-16(9-12-17)10-13-19(20)18-7-5-4-6-15(18)3/h4-14H,1-3H3/b13-10+. The monoisotopic (exact) mass is 264 g/mol. The van der Waals surface area contributed by atoms with Gasteiger partial charge in [-0.3, -0.25) is 4.79 Å². The number of hydrogen-bond acceptors (Lipinski definition) is 1. The third-order valence-electron chi connectivity index (χ3n) is 3.44. The predicted molar refractivity (Wildman–Crippen MR) is 85.1 cm³/mol. The molecular formula is C19H20O. The van der Waals surface area contributed by atoms with Gasteiger partial charge in [0.2, 0.25) is 0 Å². The molecule has 0 aromatic heterocycles. The fourth-order valence-corrected chi connectivity index (χ4v) is 2.10. The average molecular weight is 264 g/mol. The Labute approximate surface area is 121 Å². The first-order valence-corrected chi connectivity index (χ1v) is 6.96. The van der Waals surface area contributed by atoms with Gasteiger partial charge in [-0.2, -0.15) is 0 Å². The average Bonchev–Trinajstić information content (AvgIpc) is 2.45. The molecule has 0 bridgehead atoms. The quantitative estimate of drug-likeness (QED) is 0.560. The van der Waals surface area contributed by atoms with Gasteiger partial charge in [0.25, 0.3) is 0 Å². The van der Waals surface area contributed by atoms with Gasteiger partial charge in [0, 0.05) is 5.56 Å². The molecule has 0 radical (unpaired) electrons. The zero-order chi connectivity index (χ0) is 14.5. The molecule has 2 rings (SSSR count). The first-order valence-electron chi connectivity index (χ1n) is 6.96. The Balaban J connectivity index is 2.13. The van der Waals surface area contributed by atoms with Gasteiger partial charge < -0.3 is 0 Å². The first-order chi connectivity index (χ1) is 9.58. The van der Waals surface area contributed by atoms with E-state index in [2.05, 4.69) is 38.1 Å². The Morgan fingerprint density at radius 1 is 1.00 bits per heavy atom. The minimum absolute atomic E-state index is 0.0519. The number of carbonyl (C=O) groups excluding carboxylic acids is 1. The van der Waals surface area contributed by atoms with Crippen LogP contribution in [0.25, 0.3) is 6.08 Å².